The standard InChI is InChI=1S/C14H18N2O4/c1-19-11-4-3-5-12(20-2)13(11)14-15-6-7-16(14)8-10(18)9-17/h3-7,10,17-18H,8-9H2,1-2H3. The van der Waals surface area contributed by atoms with Gasteiger partial charge in [0.15, 0.2) is 0 Å². The average molecular weight is 278 g/mol. The molecule has 0 aliphatic rings. The van der Waals surface area contributed by atoms with Crippen LogP contribution in [-0.4, -0.2) is 46.7 Å². The molecule has 0 spiro atoms. The normalized spacial score (nSPS) is 12.2. The molecular weight excluding hydrogens is 260 g/mol. The van der Waals surface area contributed by atoms with Crippen molar-refractivity contribution in [2.45, 2.75) is 12.6 Å². The Morgan fingerprint density at radius 3 is 2.45 bits per heavy atom. The third-order valence-corrected chi connectivity index (χ3v) is 2.99. The Hall–Kier alpha value is -2.05. The van der Waals surface area contributed by atoms with Crippen LogP contribution >= 0.6 is 0 Å². The average Bonchev–Trinajstić information content (AvgIpc) is 2.93. The highest BCUT2D eigenvalue weighted by Crippen LogP contribution is 2.37. The van der Waals surface area contributed by atoms with Gasteiger partial charge in [0.25, 0.3) is 0 Å². The van der Waals surface area contributed by atoms with Crippen LogP contribution in [0.5, 0.6) is 11.5 Å². The number of aliphatic hydroxyl groups is 2. The predicted molar refractivity (Wildman–Crippen MR) is 73.9 cm³/mol. The van der Waals surface area contributed by atoms with Crippen molar-refractivity contribution in [1.29, 1.82) is 0 Å². The van der Waals surface area contributed by atoms with E-state index in [-0.39, 0.29) is 13.2 Å². The SMILES string of the molecule is COc1cccc(OC)c1-c1nccn1CC(O)CO. The lowest BCUT2D eigenvalue weighted by atomic mass is 10.1. The first-order valence-electron chi connectivity index (χ1n) is 6.22. The van der Waals surface area contributed by atoms with E-state index in [1.807, 2.05) is 18.2 Å². The molecule has 0 amide bonds. The van der Waals surface area contributed by atoms with Crippen LogP contribution in [0, 0.1) is 0 Å². The van der Waals surface area contributed by atoms with Gasteiger partial charge in [-0.15, -0.1) is 0 Å². The zero-order chi connectivity index (χ0) is 14.5. The molecule has 2 aromatic rings. The van der Waals surface area contributed by atoms with Gasteiger partial charge in [-0.25, -0.2) is 4.98 Å². The van der Waals surface area contributed by atoms with Gasteiger partial charge in [-0.3, -0.25) is 0 Å². The summed E-state index contributed by atoms with van der Waals surface area (Å²) >= 11 is 0. The van der Waals surface area contributed by atoms with Crippen molar-refractivity contribution < 1.29 is 19.7 Å². The van der Waals surface area contributed by atoms with Crippen molar-refractivity contribution in [2.75, 3.05) is 20.8 Å². The number of hydrogen-bond donors (Lipinski definition) is 2. The van der Waals surface area contributed by atoms with E-state index in [0.29, 0.717) is 22.9 Å². The molecule has 0 radical (unpaired) electrons. The Kier molecular flexibility index (Phi) is 4.60. The van der Waals surface area contributed by atoms with Crippen molar-refractivity contribution >= 4 is 0 Å². The number of imidazole rings is 1. The summed E-state index contributed by atoms with van der Waals surface area (Å²) < 4.78 is 12.5. The van der Waals surface area contributed by atoms with Crippen molar-refractivity contribution in [3.05, 3.63) is 30.6 Å². The Balaban J connectivity index is 2.49. The number of aromatic nitrogens is 2. The lowest BCUT2D eigenvalue weighted by Gasteiger charge is -2.15. The molecule has 0 fully saturated rings. The number of methoxy groups -OCH3 is 2. The summed E-state index contributed by atoms with van der Waals surface area (Å²) in [5, 5.41) is 18.6. The van der Waals surface area contributed by atoms with Gasteiger partial charge in [-0.05, 0) is 12.1 Å². The second kappa shape index (κ2) is 6.40. The number of hydrogen-bond acceptors (Lipinski definition) is 5. The summed E-state index contributed by atoms with van der Waals surface area (Å²) in [4.78, 5) is 4.30. The van der Waals surface area contributed by atoms with Crippen LogP contribution < -0.4 is 9.47 Å². The molecule has 0 aliphatic heterocycles. The molecule has 0 bridgehead atoms. The van der Waals surface area contributed by atoms with Crippen LogP contribution in [0.25, 0.3) is 11.4 Å². The van der Waals surface area contributed by atoms with Crippen molar-refractivity contribution in [2.24, 2.45) is 0 Å². The molecule has 108 valence electrons. The van der Waals surface area contributed by atoms with E-state index in [2.05, 4.69) is 4.98 Å². The highest BCUT2D eigenvalue weighted by Gasteiger charge is 2.18. The Bertz CT molecular complexity index is 546. The molecule has 6 heteroatoms. The lowest BCUT2D eigenvalue weighted by Crippen LogP contribution is -2.20. The quantitative estimate of drug-likeness (QED) is 0.821. The Labute approximate surface area is 117 Å². The minimum Gasteiger partial charge on any atom is -0.496 e. The van der Waals surface area contributed by atoms with Crippen LogP contribution in [0.3, 0.4) is 0 Å². The summed E-state index contributed by atoms with van der Waals surface area (Å²) in [6, 6.07) is 5.47. The summed E-state index contributed by atoms with van der Waals surface area (Å²) in [5.41, 5.74) is 0.715. The number of benzene rings is 1. The van der Waals surface area contributed by atoms with Crippen LogP contribution in [0.1, 0.15) is 0 Å². The van der Waals surface area contributed by atoms with Crippen LogP contribution in [-0.2, 0) is 6.54 Å². The minimum absolute atomic E-state index is 0.243. The van der Waals surface area contributed by atoms with Gasteiger partial charge in [0.05, 0.1) is 33.5 Å². The fourth-order valence-electron chi connectivity index (χ4n) is 2.04. The number of nitrogens with zero attached hydrogens (tertiary/aromatic N) is 2. The lowest BCUT2D eigenvalue weighted by molar-refractivity contribution is 0.0815. The van der Waals surface area contributed by atoms with Crippen LogP contribution in [0.2, 0.25) is 0 Å². The fourth-order valence-corrected chi connectivity index (χ4v) is 2.04. The van der Waals surface area contributed by atoms with E-state index in [4.69, 9.17) is 14.6 Å². The van der Waals surface area contributed by atoms with Crippen LogP contribution in [0.4, 0.5) is 0 Å². The molecule has 0 saturated carbocycles. The first kappa shape index (κ1) is 14.4. The van der Waals surface area contributed by atoms with Gasteiger partial charge in [0.1, 0.15) is 22.9 Å². The number of ether oxygens (including phenoxy) is 2. The van der Waals surface area contributed by atoms with Gasteiger partial charge in [0.2, 0.25) is 0 Å². The number of rotatable bonds is 6. The molecule has 0 saturated heterocycles. The van der Waals surface area contributed by atoms with Gasteiger partial charge < -0.3 is 24.3 Å². The van der Waals surface area contributed by atoms with Crippen molar-refractivity contribution in [1.82, 2.24) is 9.55 Å². The third kappa shape index (κ3) is 2.76. The molecule has 1 aromatic carbocycles. The van der Waals surface area contributed by atoms with E-state index < -0.39 is 6.10 Å². The second-order valence-corrected chi connectivity index (χ2v) is 4.28. The zero-order valence-electron chi connectivity index (χ0n) is 11.5. The van der Waals surface area contributed by atoms with Gasteiger partial charge in [-0.1, -0.05) is 6.07 Å². The minimum atomic E-state index is -0.844. The van der Waals surface area contributed by atoms with E-state index >= 15 is 0 Å². The molecule has 6 nitrogen and oxygen atoms in total. The first-order valence-corrected chi connectivity index (χ1v) is 6.22. The molecule has 1 atom stereocenters. The maximum Gasteiger partial charge on any atom is 0.147 e. The Morgan fingerprint density at radius 1 is 1.25 bits per heavy atom. The van der Waals surface area contributed by atoms with Gasteiger partial charge >= 0.3 is 0 Å². The summed E-state index contributed by atoms with van der Waals surface area (Å²) in [5.74, 6) is 1.89. The molecular formula is C14H18N2O4. The molecule has 20 heavy (non-hydrogen) atoms. The highest BCUT2D eigenvalue weighted by atomic mass is 16.5. The molecule has 1 heterocycles. The summed E-state index contributed by atoms with van der Waals surface area (Å²) in [6.07, 6.45) is 2.52. The molecule has 2 N–H and O–H groups in total. The Morgan fingerprint density at radius 2 is 1.90 bits per heavy atom. The van der Waals surface area contributed by atoms with Crippen molar-refractivity contribution in [3.8, 4) is 22.9 Å². The second-order valence-electron chi connectivity index (χ2n) is 4.28. The van der Waals surface area contributed by atoms with Gasteiger partial charge in [-0.2, -0.15) is 0 Å². The number of aliphatic hydroxyl groups excluding tert-OH is 2. The maximum atomic E-state index is 9.59. The summed E-state index contributed by atoms with van der Waals surface area (Å²) in [6.45, 7) is -0.0618. The van der Waals surface area contributed by atoms with E-state index in [1.165, 1.54) is 0 Å². The molecule has 0 aliphatic carbocycles. The smallest absolute Gasteiger partial charge is 0.147 e. The van der Waals surface area contributed by atoms with E-state index in [0.717, 1.165) is 0 Å². The topological polar surface area (TPSA) is 76.7 Å². The highest BCUT2D eigenvalue weighted by molar-refractivity contribution is 5.72. The van der Waals surface area contributed by atoms with E-state index in [1.54, 1.807) is 31.2 Å². The third-order valence-electron chi connectivity index (χ3n) is 2.99. The summed E-state index contributed by atoms with van der Waals surface area (Å²) in [7, 11) is 3.16. The fraction of sp³-hybridized carbons (Fsp3) is 0.357. The van der Waals surface area contributed by atoms with Crippen LogP contribution in [0.15, 0.2) is 30.6 Å². The predicted octanol–water partition coefficient (Wildman–Crippen LogP) is 0.920. The molecule has 2 rings (SSSR count). The maximum absolute atomic E-state index is 9.59. The zero-order valence-corrected chi connectivity index (χ0v) is 11.5. The largest absolute Gasteiger partial charge is 0.496 e. The van der Waals surface area contributed by atoms with Gasteiger partial charge in [0, 0.05) is 12.4 Å². The first-order chi connectivity index (χ1) is 9.71. The molecule has 1 aromatic heterocycles. The molecule has 1 unspecified atom stereocenters. The van der Waals surface area contributed by atoms with Crippen molar-refractivity contribution in [3.63, 3.8) is 0 Å². The van der Waals surface area contributed by atoms with E-state index in [9.17, 15) is 5.11 Å². The monoisotopic (exact) mass is 278 g/mol.